The number of ether oxygens (including phenoxy) is 3. The Labute approximate surface area is 85.4 Å². The van der Waals surface area contributed by atoms with Gasteiger partial charge in [0.2, 0.25) is 6.29 Å². The molecule has 0 spiro atoms. The molecule has 1 saturated heterocycles. The molecule has 14 heavy (non-hydrogen) atoms. The molecule has 2 rings (SSSR count). The van der Waals surface area contributed by atoms with Crippen molar-refractivity contribution in [3.63, 3.8) is 0 Å². The van der Waals surface area contributed by atoms with E-state index in [-0.39, 0.29) is 5.97 Å². The monoisotopic (exact) mass is 214 g/mol. The minimum absolute atomic E-state index is 0.315. The molecule has 0 radical (unpaired) electrons. The summed E-state index contributed by atoms with van der Waals surface area (Å²) in [5.41, 5.74) is 0.559. The maximum absolute atomic E-state index is 11.4. The van der Waals surface area contributed by atoms with Crippen molar-refractivity contribution in [1.82, 2.24) is 0 Å². The van der Waals surface area contributed by atoms with Crippen LogP contribution < -0.4 is 0 Å². The van der Waals surface area contributed by atoms with Gasteiger partial charge in [-0.05, 0) is 11.4 Å². The van der Waals surface area contributed by atoms with Gasteiger partial charge in [-0.15, -0.1) is 0 Å². The van der Waals surface area contributed by atoms with Crippen LogP contribution in [0, 0.1) is 0 Å². The molecule has 0 bridgehead atoms. The van der Waals surface area contributed by atoms with Crippen molar-refractivity contribution in [1.29, 1.82) is 0 Å². The lowest BCUT2D eigenvalue weighted by atomic mass is 10.3. The highest BCUT2D eigenvalue weighted by molar-refractivity contribution is 7.08. The molecule has 0 aliphatic carbocycles. The minimum Gasteiger partial charge on any atom is -0.430 e. The molecular weight excluding hydrogens is 204 g/mol. The van der Waals surface area contributed by atoms with Crippen LogP contribution in [0.25, 0.3) is 0 Å². The molecule has 76 valence electrons. The van der Waals surface area contributed by atoms with Crippen LogP contribution in [0.4, 0.5) is 0 Å². The predicted octanol–water partition coefficient (Wildman–Crippen LogP) is 1.28. The van der Waals surface area contributed by atoms with Crippen LogP contribution in [0.3, 0.4) is 0 Å². The first kappa shape index (κ1) is 9.64. The van der Waals surface area contributed by atoms with E-state index in [1.54, 1.807) is 11.4 Å². The molecule has 0 amide bonds. The SMILES string of the molecule is O=C(OC1COCCO1)c1ccsc1. The summed E-state index contributed by atoms with van der Waals surface area (Å²) >= 11 is 1.46. The van der Waals surface area contributed by atoms with Crippen molar-refractivity contribution < 1.29 is 19.0 Å². The highest BCUT2D eigenvalue weighted by atomic mass is 32.1. The van der Waals surface area contributed by atoms with E-state index in [4.69, 9.17) is 14.2 Å². The van der Waals surface area contributed by atoms with Crippen LogP contribution in [-0.2, 0) is 14.2 Å². The molecule has 1 unspecified atom stereocenters. The van der Waals surface area contributed by atoms with E-state index in [1.165, 1.54) is 11.3 Å². The molecule has 0 aromatic carbocycles. The first-order valence-corrected chi connectivity index (χ1v) is 5.23. The Hall–Kier alpha value is -0.910. The minimum atomic E-state index is -0.559. The number of carbonyl (C=O) groups excluding carboxylic acids is 1. The summed E-state index contributed by atoms with van der Waals surface area (Å²) in [4.78, 5) is 11.4. The summed E-state index contributed by atoms with van der Waals surface area (Å²) in [6.45, 7) is 1.35. The van der Waals surface area contributed by atoms with Crippen molar-refractivity contribution in [3.8, 4) is 0 Å². The molecule has 1 aliphatic rings. The van der Waals surface area contributed by atoms with E-state index in [9.17, 15) is 4.79 Å². The van der Waals surface area contributed by atoms with E-state index in [1.807, 2.05) is 5.38 Å². The zero-order chi connectivity index (χ0) is 9.80. The molecule has 5 heteroatoms. The fraction of sp³-hybridized carbons (Fsp3) is 0.444. The first-order chi connectivity index (χ1) is 6.86. The molecule has 1 fully saturated rings. The Bertz CT molecular complexity index is 290. The van der Waals surface area contributed by atoms with Gasteiger partial charge >= 0.3 is 5.97 Å². The second-order valence-corrected chi connectivity index (χ2v) is 3.57. The zero-order valence-corrected chi connectivity index (χ0v) is 8.29. The van der Waals surface area contributed by atoms with Crippen LogP contribution in [0.15, 0.2) is 16.8 Å². The molecular formula is C9H10O4S. The van der Waals surface area contributed by atoms with Gasteiger partial charge in [0.05, 0.1) is 18.8 Å². The third-order valence-corrected chi connectivity index (χ3v) is 2.46. The van der Waals surface area contributed by atoms with Gasteiger partial charge in [-0.25, -0.2) is 4.79 Å². The number of thiophene rings is 1. The third kappa shape index (κ3) is 2.31. The molecule has 1 atom stereocenters. The number of esters is 1. The van der Waals surface area contributed by atoms with Gasteiger partial charge in [-0.3, -0.25) is 0 Å². The molecule has 4 nitrogen and oxygen atoms in total. The van der Waals surface area contributed by atoms with Crippen LogP contribution in [-0.4, -0.2) is 32.1 Å². The molecule has 1 aromatic rings. The normalized spacial score (nSPS) is 21.9. The van der Waals surface area contributed by atoms with E-state index in [0.717, 1.165) is 0 Å². The number of rotatable bonds is 2. The average molecular weight is 214 g/mol. The zero-order valence-electron chi connectivity index (χ0n) is 7.47. The summed E-state index contributed by atoms with van der Waals surface area (Å²) < 4.78 is 15.3. The molecule has 0 saturated carbocycles. The summed E-state index contributed by atoms with van der Waals surface area (Å²) in [7, 11) is 0. The Morgan fingerprint density at radius 1 is 1.57 bits per heavy atom. The van der Waals surface area contributed by atoms with Crippen LogP contribution in [0.5, 0.6) is 0 Å². The Morgan fingerprint density at radius 3 is 3.14 bits per heavy atom. The van der Waals surface area contributed by atoms with Crippen LogP contribution in [0.2, 0.25) is 0 Å². The number of hydrogen-bond donors (Lipinski definition) is 0. The van der Waals surface area contributed by atoms with Crippen LogP contribution >= 0.6 is 11.3 Å². The molecule has 0 N–H and O–H groups in total. The Morgan fingerprint density at radius 2 is 2.50 bits per heavy atom. The topological polar surface area (TPSA) is 44.8 Å². The fourth-order valence-electron chi connectivity index (χ4n) is 1.10. The lowest BCUT2D eigenvalue weighted by Crippen LogP contribution is -2.32. The Balaban J connectivity index is 1.87. The van der Waals surface area contributed by atoms with Gasteiger partial charge < -0.3 is 14.2 Å². The van der Waals surface area contributed by atoms with Crippen LogP contribution in [0.1, 0.15) is 10.4 Å². The highest BCUT2D eigenvalue weighted by Gasteiger charge is 2.19. The van der Waals surface area contributed by atoms with E-state index in [0.29, 0.717) is 25.4 Å². The summed E-state index contributed by atoms with van der Waals surface area (Å²) in [6, 6.07) is 1.72. The van der Waals surface area contributed by atoms with Crippen molar-refractivity contribution in [2.45, 2.75) is 6.29 Å². The summed E-state index contributed by atoms with van der Waals surface area (Å²) in [6.07, 6.45) is -0.559. The summed E-state index contributed by atoms with van der Waals surface area (Å²) in [5, 5.41) is 3.57. The highest BCUT2D eigenvalue weighted by Crippen LogP contribution is 2.10. The van der Waals surface area contributed by atoms with E-state index < -0.39 is 6.29 Å². The number of carbonyl (C=O) groups is 1. The first-order valence-electron chi connectivity index (χ1n) is 4.29. The van der Waals surface area contributed by atoms with Gasteiger partial charge in [-0.1, -0.05) is 0 Å². The smallest absolute Gasteiger partial charge is 0.341 e. The fourth-order valence-corrected chi connectivity index (χ4v) is 1.73. The maximum Gasteiger partial charge on any atom is 0.341 e. The molecule has 1 aliphatic heterocycles. The molecule has 2 heterocycles. The predicted molar refractivity (Wildman–Crippen MR) is 50.3 cm³/mol. The third-order valence-electron chi connectivity index (χ3n) is 1.78. The van der Waals surface area contributed by atoms with E-state index >= 15 is 0 Å². The van der Waals surface area contributed by atoms with Gasteiger partial charge in [0.15, 0.2) is 0 Å². The van der Waals surface area contributed by atoms with Gasteiger partial charge in [0.25, 0.3) is 0 Å². The molecule has 1 aromatic heterocycles. The standard InChI is InChI=1S/C9H10O4S/c10-9(7-1-4-14-6-7)13-8-5-11-2-3-12-8/h1,4,6,8H,2-3,5H2. The van der Waals surface area contributed by atoms with Crippen molar-refractivity contribution in [2.24, 2.45) is 0 Å². The Kier molecular flexibility index (Phi) is 3.13. The second kappa shape index (κ2) is 4.54. The van der Waals surface area contributed by atoms with Gasteiger partial charge in [0, 0.05) is 5.38 Å². The van der Waals surface area contributed by atoms with Crippen molar-refractivity contribution in [2.75, 3.05) is 19.8 Å². The van der Waals surface area contributed by atoms with E-state index in [2.05, 4.69) is 0 Å². The average Bonchev–Trinajstić information content (AvgIpc) is 2.72. The van der Waals surface area contributed by atoms with Crippen molar-refractivity contribution in [3.05, 3.63) is 22.4 Å². The second-order valence-electron chi connectivity index (χ2n) is 2.79. The van der Waals surface area contributed by atoms with Gasteiger partial charge in [0.1, 0.15) is 6.61 Å². The largest absolute Gasteiger partial charge is 0.430 e. The lowest BCUT2D eigenvalue weighted by molar-refractivity contribution is -0.186. The maximum atomic E-state index is 11.4. The van der Waals surface area contributed by atoms with Crippen molar-refractivity contribution >= 4 is 17.3 Å². The van der Waals surface area contributed by atoms with Gasteiger partial charge in [-0.2, -0.15) is 11.3 Å². The lowest BCUT2D eigenvalue weighted by Gasteiger charge is -2.22. The number of hydrogen-bond acceptors (Lipinski definition) is 5. The quantitative estimate of drug-likeness (QED) is 0.696. The summed E-state index contributed by atoms with van der Waals surface area (Å²) in [5.74, 6) is -0.359.